The Labute approximate surface area is 332 Å². The maximum absolute atomic E-state index is 12.7. The third-order valence-electron chi connectivity index (χ3n) is 9.54. The number of allylic oxidation sites excluding steroid dienone is 4. The third kappa shape index (κ3) is 11.1. The molecule has 0 fully saturated rings. The second kappa shape index (κ2) is 16.3. The van der Waals surface area contributed by atoms with Crippen molar-refractivity contribution in [3.63, 3.8) is 0 Å². The van der Waals surface area contributed by atoms with Crippen LogP contribution in [0.5, 0.6) is 0 Å². The van der Waals surface area contributed by atoms with Crippen molar-refractivity contribution in [2.75, 3.05) is 0 Å². The van der Waals surface area contributed by atoms with Crippen molar-refractivity contribution in [3.05, 3.63) is 148 Å². The molecule has 6 rings (SSSR count). The van der Waals surface area contributed by atoms with Gasteiger partial charge in [-0.05, 0) is 10.8 Å². The van der Waals surface area contributed by atoms with Crippen molar-refractivity contribution in [2.45, 2.75) is 98.8 Å². The first-order valence-corrected chi connectivity index (χ1v) is 19.4. The predicted octanol–water partition coefficient (Wildman–Crippen LogP) is 14.5. The quantitative estimate of drug-likeness (QED) is 0.126. The maximum atomic E-state index is 12.7. The molecule has 0 saturated heterocycles. The molecule has 0 saturated carbocycles. The van der Waals surface area contributed by atoms with E-state index in [-0.39, 0.29) is 22.0 Å². The molecular formula is C47H50F6Zr. The van der Waals surface area contributed by atoms with E-state index in [0.717, 1.165) is 48.5 Å². The fourth-order valence-corrected chi connectivity index (χ4v) is 6.78. The number of benzene rings is 4. The van der Waals surface area contributed by atoms with Crippen LogP contribution in [0.2, 0.25) is 0 Å². The zero-order valence-corrected chi connectivity index (χ0v) is 35.3. The van der Waals surface area contributed by atoms with E-state index >= 15 is 0 Å². The van der Waals surface area contributed by atoms with Crippen LogP contribution in [-0.2, 0) is 47.4 Å². The van der Waals surface area contributed by atoms with E-state index in [1.807, 2.05) is 0 Å². The summed E-state index contributed by atoms with van der Waals surface area (Å²) < 4.78 is 76.7. The van der Waals surface area contributed by atoms with Crippen LogP contribution in [0, 0.1) is 17.4 Å². The molecule has 0 heterocycles. The average Bonchev–Trinajstić information content (AvgIpc) is 3.72. The van der Waals surface area contributed by atoms with E-state index in [1.165, 1.54) is 68.9 Å². The van der Waals surface area contributed by atoms with Crippen LogP contribution in [0.25, 0.3) is 21.5 Å². The van der Waals surface area contributed by atoms with Crippen LogP contribution < -0.4 is 0 Å². The summed E-state index contributed by atoms with van der Waals surface area (Å²) in [5, 5.41) is 5.49. The number of alkyl halides is 6. The van der Waals surface area contributed by atoms with E-state index in [9.17, 15) is 26.3 Å². The van der Waals surface area contributed by atoms with Crippen LogP contribution >= 0.6 is 0 Å². The van der Waals surface area contributed by atoms with Crippen molar-refractivity contribution < 1.29 is 50.6 Å². The molecule has 0 radical (unpaired) electrons. The molecule has 0 nitrogen and oxygen atoms in total. The van der Waals surface area contributed by atoms with E-state index in [1.54, 1.807) is 0 Å². The zero-order chi connectivity index (χ0) is 40.4. The third-order valence-corrected chi connectivity index (χ3v) is 11.0. The Morgan fingerprint density at radius 3 is 1.33 bits per heavy atom. The molecule has 7 heteroatoms. The summed E-state index contributed by atoms with van der Waals surface area (Å²) >= 11 is 0.729. The van der Waals surface area contributed by atoms with Crippen molar-refractivity contribution in [1.29, 1.82) is 0 Å². The van der Waals surface area contributed by atoms with Crippen LogP contribution in [0.4, 0.5) is 26.3 Å². The minimum absolute atomic E-state index is 0.194. The Bertz CT molecular complexity index is 2020. The normalized spacial score (nSPS) is 15.1. The first-order chi connectivity index (χ1) is 24.8. The summed E-state index contributed by atoms with van der Waals surface area (Å²) in [7, 11) is 0. The molecule has 1 aliphatic carbocycles. The van der Waals surface area contributed by atoms with Gasteiger partial charge in [-0.1, -0.05) is 122 Å². The Balaban J connectivity index is 0.000000191. The van der Waals surface area contributed by atoms with Gasteiger partial charge < -0.3 is 0 Å². The van der Waals surface area contributed by atoms with E-state index in [2.05, 4.69) is 130 Å². The molecule has 0 spiro atoms. The van der Waals surface area contributed by atoms with Crippen molar-refractivity contribution in [1.82, 2.24) is 0 Å². The Morgan fingerprint density at radius 1 is 0.593 bits per heavy atom. The molecule has 5 aromatic rings. The minimum atomic E-state index is -4.49. The van der Waals surface area contributed by atoms with Gasteiger partial charge in [-0.2, -0.15) is 11.6 Å². The molecular weight excluding hydrogens is 770 g/mol. The van der Waals surface area contributed by atoms with Crippen LogP contribution in [0.15, 0.2) is 109 Å². The molecule has 0 N–H and O–H groups in total. The molecule has 0 aliphatic heterocycles. The van der Waals surface area contributed by atoms with E-state index in [4.69, 9.17) is 0 Å². The number of fused-ring (bicyclic) bond motifs is 3. The van der Waals surface area contributed by atoms with Gasteiger partial charge in [0.1, 0.15) is 0 Å². The van der Waals surface area contributed by atoms with Crippen LogP contribution in [0.3, 0.4) is 0 Å². The molecule has 1 aliphatic rings. The Morgan fingerprint density at radius 2 is 1.02 bits per heavy atom. The Kier molecular flexibility index (Phi) is 13.1. The monoisotopic (exact) mass is 818 g/mol. The number of halogens is 6. The number of hydrogen-bond donors (Lipinski definition) is 0. The van der Waals surface area contributed by atoms with E-state index in [0.29, 0.717) is 14.5 Å². The Hall–Kier alpha value is -3.44. The molecule has 284 valence electrons. The second-order valence-electron chi connectivity index (χ2n) is 17.0. The molecule has 1 unspecified atom stereocenters. The summed E-state index contributed by atoms with van der Waals surface area (Å²) in [5.41, 5.74) is 3.83. The van der Waals surface area contributed by atoms with Gasteiger partial charge in [0.05, 0.1) is 0 Å². The molecule has 0 bridgehead atoms. The zero-order valence-electron chi connectivity index (χ0n) is 32.9. The van der Waals surface area contributed by atoms with E-state index < -0.39 is 23.5 Å². The van der Waals surface area contributed by atoms with Gasteiger partial charge in [-0.3, -0.25) is 6.08 Å². The standard InChI is InChI=1S/C21H25.C15H8F6.C11H17.Zr/c1-20(2,3)16-9-7-14-11-15-8-10-17(21(4,5)6)13-19(15)18(14)12-16;16-14(17,18)12-5-1-3-10(8-12)7-11-4-2-6-13(9-11)15(19,20)21;1-5-9-6-7-10(8-9)11(2,3)4;/h7-13H,1-6H3;1-6,8-9H;7-9H,5H2,1-4H3;/q-1;;-1;+2. The molecule has 5 aromatic carbocycles. The fraction of sp³-hybridized carbons (Fsp3) is 0.362. The van der Waals surface area contributed by atoms with Gasteiger partial charge in [-0.15, -0.1) is 39.7 Å². The van der Waals surface area contributed by atoms with Crippen LogP contribution in [0.1, 0.15) is 109 Å². The summed E-state index contributed by atoms with van der Waals surface area (Å²) in [6.45, 7) is 22.6. The first kappa shape index (κ1) is 43.3. The first-order valence-electron chi connectivity index (χ1n) is 18.2. The van der Waals surface area contributed by atoms with Gasteiger partial charge in [0.25, 0.3) is 0 Å². The summed E-state index contributed by atoms with van der Waals surface area (Å²) in [5.74, 6) is 0.573. The van der Waals surface area contributed by atoms with Gasteiger partial charge in [0, 0.05) is 0 Å². The van der Waals surface area contributed by atoms with Crippen molar-refractivity contribution >= 4 is 24.8 Å². The van der Waals surface area contributed by atoms with Gasteiger partial charge >= 0.3 is 137 Å². The van der Waals surface area contributed by atoms with Gasteiger partial charge in [0.15, 0.2) is 0 Å². The van der Waals surface area contributed by atoms with Crippen molar-refractivity contribution in [2.24, 2.45) is 11.3 Å². The topological polar surface area (TPSA) is 0 Å². The molecule has 0 aromatic heterocycles. The van der Waals surface area contributed by atoms with Gasteiger partial charge in [-0.25, -0.2) is 6.08 Å². The molecule has 54 heavy (non-hydrogen) atoms. The average molecular weight is 820 g/mol. The SMILES string of the molecule is CC(C)(C)c1ccc2[cH-]c3ccc(C(C)(C)C)cc3c2c1.CCC1[C-]=CC(C(C)(C)C)=C1.FC(F)(F)c1cccc([C](=[Zr+2])c2cccc(C(F)(F)F)c2)c1. The fourth-order valence-electron chi connectivity index (χ4n) is 6.01. The predicted molar refractivity (Wildman–Crippen MR) is 210 cm³/mol. The van der Waals surface area contributed by atoms with Gasteiger partial charge in [0.2, 0.25) is 0 Å². The molecule has 1 atom stereocenters. The number of rotatable bonds is 3. The second-order valence-corrected chi connectivity index (χ2v) is 18.2. The van der Waals surface area contributed by atoms with Crippen LogP contribution in [-0.4, -0.2) is 3.21 Å². The summed E-state index contributed by atoms with van der Waals surface area (Å²) in [4.78, 5) is 0. The summed E-state index contributed by atoms with van der Waals surface area (Å²) in [6, 6.07) is 25.3. The summed E-state index contributed by atoms with van der Waals surface area (Å²) in [6.07, 6.45) is 0.0304. The van der Waals surface area contributed by atoms with Crippen molar-refractivity contribution in [3.8, 4) is 0 Å². The molecule has 0 amide bonds. The number of hydrogen-bond acceptors (Lipinski definition) is 0.